The molecule has 0 aliphatic heterocycles. The molecule has 1 rings (SSSR count). The number of hydrogen-bond donors (Lipinski definition) is 1. The molecule has 4 heteroatoms. The van der Waals surface area contributed by atoms with Gasteiger partial charge in [0, 0.05) is 19.5 Å². The monoisotopic (exact) mass is 229 g/mol. The molecule has 86 valence electrons. The van der Waals surface area contributed by atoms with Crippen LogP contribution in [0.2, 0.25) is 5.02 Å². The maximum absolute atomic E-state index is 6.24. The van der Waals surface area contributed by atoms with Gasteiger partial charge in [0.15, 0.2) is 0 Å². The molecule has 0 fully saturated rings. The van der Waals surface area contributed by atoms with E-state index in [2.05, 4.69) is 18.9 Å². The molecule has 0 saturated heterocycles. The van der Waals surface area contributed by atoms with Crippen LogP contribution >= 0.6 is 11.6 Å². The summed E-state index contributed by atoms with van der Waals surface area (Å²) in [5.74, 6) is 0. The second kappa shape index (κ2) is 5.52. The molecule has 0 aromatic carbocycles. The number of hydrogen-bond acceptors (Lipinski definition) is 2. The summed E-state index contributed by atoms with van der Waals surface area (Å²) >= 11 is 6.24. The maximum atomic E-state index is 6.24. The standard InChI is InChI=1S/C11H20ClN3/c1-4-6-8(13)7-10-11(12)9(5-2)14-15(10)3/h8H,4-7,13H2,1-3H3. The van der Waals surface area contributed by atoms with Crippen molar-refractivity contribution in [2.24, 2.45) is 12.8 Å². The van der Waals surface area contributed by atoms with Crippen LogP contribution in [0.15, 0.2) is 0 Å². The van der Waals surface area contributed by atoms with Gasteiger partial charge in [0.25, 0.3) is 0 Å². The van der Waals surface area contributed by atoms with Gasteiger partial charge in [-0.15, -0.1) is 0 Å². The summed E-state index contributed by atoms with van der Waals surface area (Å²) in [7, 11) is 1.93. The lowest BCUT2D eigenvalue weighted by molar-refractivity contribution is 0.570. The molecule has 3 nitrogen and oxygen atoms in total. The number of aromatic nitrogens is 2. The lowest BCUT2D eigenvalue weighted by Crippen LogP contribution is -2.23. The van der Waals surface area contributed by atoms with Crippen LogP contribution in [0.4, 0.5) is 0 Å². The van der Waals surface area contributed by atoms with E-state index >= 15 is 0 Å². The predicted molar refractivity (Wildman–Crippen MR) is 64.2 cm³/mol. The zero-order valence-corrected chi connectivity index (χ0v) is 10.5. The van der Waals surface area contributed by atoms with Crippen LogP contribution < -0.4 is 5.73 Å². The second-order valence-electron chi connectivity index (χ2n) is 3.94. The minimum Gasteiger partial charge on any atom is -0.327 e. The highest BCUT2D eigenvalue weighted by molar-refractivity contribution is 6.31. The molecule has 2 N–H and O–H groups in total. The minimum atomic E-state index is 0.188. The van der Waals surface area contributed by atoms with Crippen LogP contribution in [0.5, 0.6) is 0 Å². The normalized spacial score (nSPS) is 13.1. The minimum absolute atomic E-state index is 0.188. The van der Waals surface area contributed by atoms with Crippen molar-refractivity contribution in [1.29, 1.82) is 0 Å². The lowest BCUT2D eigenvalue weighted by atomic mass is 10.1. The molecule has 0 amide bonds. The first-order valence-corrected chi connectivity index (χ1v) is 5.93. The van der Waals surface area contributed by atoms with Crippen LogP contribution in [0.3, 0.4) is 0 Å². The van der Waals surface area contributed by atoms with Gasteiger partial charge in [0.1, 0.15) is 0 Å². The summed E-state index contributed by atoms with van der Waals surface area (Å²) in [5.41, 5.74) is 8.04. The quantitative estimate of drug-likeness (QED) is 0.842. The fraction of sp³-hybridized carbons (Fsp3) is 0.727. The van der Waals surface area contributed by atoms with E-state index < -0.39 is 0 Å². The van der Waals surface area contributed by atoms with Crippen molar-refractivity contribution in [3.05, 3.63) is 16.4 Å². The number of nitrogens with zero attached hydrogens (tertiary/aromatic N) is 2. The van der Waals surface area contributed by atoms with Crippen molar-refractivity contribution in [2.45, 2.75) is 45.6 Å². The maximum Gasteiger partial charge on any atom is 0.0850 e. The molecule has 0 spiro atoms. The van der Waals surface area contributed by atoms with E-state index in [0.717, 1.165) is 42.1 Å². The Labute approximate surface area is 96.6 Å². The Morgan fingerprint density at radius 3 is 2.60 bits per heavy atom. The van der Waals surface area contributed by atoms with Gasteiger partial charge in [-0.05, 0) is 12.8 Å². The van der Waals surface area contributed by atoms with E-state index in [1.54, 1.807) is 0 Å². The van der Waals surface area contributed by atoms with Gasteiger partial charge in [-0.2, -0.15) is 5.10 Å². The van der Waals surface area contributed by atoms with Crippen LogP contribution in [0, 0.1) is 0 Å². The highest BCUT2D eigenvalue weighted by Gasteiger charge is 2.15. The molecule has 1 unspecified atom stereocenters. The number of aryl methyl sites for hydroxylation is 2. The van der Waals surface area contributed by atoms with E-state index in [1.165, 1.54) is 0 Å². The molecular weight excluding hydrogens is 210 g/mol. The summed E-state index contributed by atoms with van der Waals surface area (Å²) in [5, 5.41) is 5.17. The van der Waals surface area contributed by atoms with Crippen LogP contribution in [0.25, 0.3) is 0 Å². The molecule has 1 heterocycles. The van der Waals surface area contributed by atoms with Gasteiger partial charge >= 0.3 is 0 Å². The molecule has 0 saturated carbocycles. The SMILES string of the molecule is CCCC(N)Cc1c(Cl)c(CC)nn1C. The van der Waals surface area contributed by atoms with Crippen LogP contribution in [0.1, 0.15) is 38.1 Å². The van der Waals surface area contributed by atoms with Crippen molar-refractivity contribution >= 4 is 11.6 Å². The van der Waals surface area contributed by atoms with E-state index in [9.17, 15) is 0 Å². The Hall–Kier alpha value is -0.540. The van der Waals surface area contributed by atoms with Gasteiger partial charge in [0.2, 0.25) is 0 Å². The fourth-order valence-electron chi connectivity index (χ4n) is 1.76. The molecule has 0 bridgehead atoms. The Balaban J connectivity index is 2.80. The Bertz CT molecular complexity index is 320. The van der Waals surface area contributed by atoms with Gasteiger partial charge in [-0.1, -0.05) is 31.9 Å². The summed E-state index contributed by atoms with van der Waals surface area (Å²) in [6.07, 6.45) is 3.83. The zero-order chi connectivity index (χ0) is 11.4. The first-order valence-electron chi connectivity index (χ1n) is 5.55. The lowest BCUT2D eigenvalue weighted by Gasteiger charge is -2.10. The summed E-state index contributed by atoms with van der Waals surface area (Å²) in [4.78, 5) is 0. The van der Waals surface area contributed by atoms with Gasteiger partial charge in [-0.3, -0.25) is 4.68 Å². The van der Waals surface area contributed by atoms with Crippen molar-refractivity contribution in [1.82, 2.24) is 9.78 Å². The summed E-state index contributed by atoms with van der Waals surface area (Å²) in [6, 6.07) is 0.188. The first kappa shape index (κ1) is 12.5. The molecular formula is C11H20ClN3. The second-order valence-corrected chi connectivity index (χ2v) is 4.32. The summed E-state index contributed by atoms with van der Waals surface area (Å²) < 4.78 is 1.86. The molecule has 15 heavy (non-hydrogen) atoms. The molecule has 0 aliphatic carbocycles. The van der Waals surface area contributed by atoms with E-state index in [4.69, 9.17) is 17.3 Å². The van der Waals surface area contributed by atoms with Crippen LogP contribution in [-0.2, 0) is 19.9 Å². The topological polar surface area (TPSA) is 43.8 Å². The van der Waals surface area contributed by atoms with E-state index in [-0.39, 0.29) is 6.04 Å². The smallest absolute Gasteiger partial charge is 0.0850 e. The Morgan fingerprint density at radius 2 is 2.13 bits per heavy atom. The third-order valence-corrected chi connectivity index (χ3v) is 3.05. The largest absolute Gasteiger partial charge is 0.327 e. The highest BCUT2D eigenvalue weighted by atomic mass is 35.5. The Morgan fingerprint density at radius 1 is 1.47 bits per heavy atom. The van der Waals surface area contributed by atoms with Crippen molar-refractivity contribution in [3.63, 3.8) is 0 Å². The van der Waals surface area contributed by atoms with Crippen molar-refractivity contribution in [2.75, 3.05) is 0 Å². The molecule has 0 radical (unpaired) electrons. The Kier molecular flexibility index (Phi) is 4.61. The fourth-order valence-corrected chi connectivity index (χ4v) is 2.13. The van der Waals surface area contributed by atoms with E-state index in [0.29, 0.717) is 0 Å². The highest BCUT2D eigenvalue weighted by Crippen LogP contribution is 2.22. The average Bonchev–Trinajstić information content (AvgIpc) is 2.45. The molecule has 0 aliphatic rings. The molecule has 1 atom stereocenters. The number of halogens is 1. The van der Waals surface area contributed by atoms with Crippen molar-refractivity contribution < 1.29 is 0 Å². The number of nitrogens with two attached hydrogens (primary N) is 1. The molecule has 1 aromatic rings. The molecule has 1 aromatic heterocycles. The van der Waals surface area contributed by atoms with Crippen molar-refractivity contribution in [3.8, 4) is 0 Å². The predicted octanol–water partition coefficient (Wildman–Crippen LogP) is 2.31. The summed E-state index contributed by atoms with van der Waals surface area (Å²) in [6.45, 7) is 4.20. The van der Waals surface area contributed by atoms with Gasteiger partial charge < -0.3 is 5.73 Å². The first-order chi connectivity index (χ1) is 7.10. The third kappa shape index (κ3) is 2.95. The van der Waals surface area contributed by atoms with Gasteiger partial charge in [0.05, 0.1) is 16.4 Å². The van der Waals surface area contributed by atoms with E-state index in [1.807, 2.05) is 11.7 Å². The number of rotatable bonds is 5. The van der Waals surface area contributed by atoms with Crippen LogP contribution in [-0.4, -0.2) is 15.8 Å². The average molecular weight is 230 g/mol. The zero-order valence-electron chi connectivity index (χ0n) is 9.76. The van der Waals surface area contributed by atoms with Gasteiger partial charge in [-0.25, -0.2) is 0 Å². The third-order valence-electron chi connectivity index (χ3n) is 2.62.